The summed E-state index contributed by atoms with van der Waals surface area (Å²) in [5.41, 5.74) is 10.1. The van der Waals surface area contributed by atoms with Crippen molar-refractivity contribution in [2.45, 2.75) is 0 Å². The molecule has 0 saturated carbocycles. The van der Waals surface area contributed by atoms with Gasteiger partial charge < -0.3 is 0 Å². The highest BCUT2D eigenvalue weighted by molar-refractivity contribution is 5.78. The summed E-state index contributed by atoms with van der Waals surface area (Å²) < 4.78 is 0. The first-order valence-corrected chi connectivity index (χ1v) is 15.7. The fourth-order valence-corrected chi connectivity index (χ4v) is 5.60. The molecular formula is C42H28N6. The minimum atomic E-state index is 0.551. The Morgan fingerprint density at radius 2 is 0.771 bits per heavy atom. The Hall–Kier alpha value is -6.66. The lowest BCUT2D eigenvalue weighted by atomic mass is 9.98. The van der Waals surface area contributed by atoms with Crippen LogP contribution >= 0.6 is 0 Å². The third-order valence-corrected chi connectivity index (χ3v) is 8.04. The lowest BCUT2D eigenvalue weighted by Crippen LogP contribution is -2.00. The van der Waals surface area contributed by atoms with Gasteiger partial charge in [-0.1, -0.05) is 115 Å². The normalized spacial score (nSPS) is 10.9. The molecule has 6 heteroatoms. The highest BCUT2D eigenvalue weighted by atomic mass is 15.0. The van der Waals surface area contributed by atoms with Crippen molar-refractivity contribution in [2.75, 3.05) is 0 Å². The van der Waals surface area contributed by atoms with Gasteiger partial charge in [-0.25, -0.2) is 19.9 Å². The zero-order valence-corrected chi connectivity index (χ0v) is 25.8. The predicted molar refractivity (Wildman–Crippen MR) is 191 cm³/mol. The van der Waals surface area contributed by atoms with Crippen LogP contribution in [0.25, 0.3) is 79.2 Å². The van der Waals surface area contributed by atoms with Crippen LogP contribution in [0, 0.1) is 0 Å². The minimum absolute atomic E-state index is 0.551. The molecular weight excluding hydrogens is 589 g/mol. The third kappa shape index (κ3) is 6.10. The van der Waals surface area contributed by atoms with Crippen molar-refractivity contribution >= 4 is 0 Å². The quantitative estimate of drug-likeness (QED) is 0.177. The zero-order valence-electron chi connectivity index (χ0n) is 25.8. The van der Waals surface area contributed by atoms with Gasteiger partial charge in [0, 0.05) is 29.1 Å². The van der Waals surface area contributed by atoms with Crippen LogP contribution in [0.15, 0.2) is 170 Å². The molecule has 0 fully saturated rings. The Balaban J connectivity index is 1.20. The van der Waals surface area contributed by atoms with Crippen LogP contribution in [-0.4, -0.2) is 29.9 Å². The van der Waals surface area contributed by atoms with E-state index in [0.717, 1.165) is 56.2 Å². The predicted octanol–water partition coefficient (Wildman–Crippen LogP) is 9.73. The van der Waals surface area contributed by atoms with Gasteiger partial charge in [-0.3, -0.25) is 9.97 Å². The Morgan fingerprint density at radius 1 is 0.271 bits per heavy atom. The number of aromatic nitrogens is 6. The summed E-state index contributed by atoms with van der Waals surface area (Å²) in [6.45, 7) is 0. The monoisotopic (exact) mass is 616 g/mol. The summed E-state index contributed by atoms with van der Waals surface area (Å²) in [5, 5.41) is 0. The summed E-state index contributed by atoms with van der Waals surface area (Å²) in [5.74, 6) is 1.77. The number of hydrogen-bond donors (Lipinski definition) is 0. The number of rotatable bonds is 7. The largest absolute Gasteiger partial charge is 0.255 e. The van der Waals surface area contributed by atoms with Crippen LogP contribution in [0.4, 0.5) is 0 Å². The molecule has 0 aliphatic carbocycles. The van der Waals surface area contributed by atoms with E-state index in [2.05, 4.69) is 65.6 Å². The molecule has 0 radical (unpaired) electrons. The molecule has 8 aromatic rings. The van der Waals surface area contributed by atoms with Gasteiger partial charge in [0.05, 0.1) is 22.8 Å². The molecule has 4 aromatic carbocycles. The van der Waals surface area contributed by atoms with Crippen molar-refractivity contribution in [1.29, 1.82) is 0 Å². The average Bonchev–Trinajstić information content (AvgIpc) is 3.19. The standard InChI is InChI=1S/C42H28N6/c1-4-13-29(14-5-1)32-19-12-20-33(25-32)35-26-38(36-21-10-11-24-43-36)45-39(27-35)37-23-22-34(28-44-37)42-47-40(30-15-6-2-7-16-30)46-41(48-42)31-17-8-3-9-18-31/h1-28H. The van der Waals surface area contributed by atoms with Gasteiger partial charge in [0.25, 0.3) is 0 Å². The lowest BCUT2D eigenvalue weighted by molar-refractivity contribution is 1.07. The van der Waals surface area contributed by atoms with E-state index in [1.165, 1.54) is 5.56 Å². The van der Waals surface area contributed by atoms with E-state index in [-0.39, 0.29) is 0 Å². The van der Waals surface area contributed by atoms with Crippen molar-refractivity contribution in [2.24, 2.45) is 0 Å². The van der Waals surface area contributed by atoms with E-state index in [9.17, 15) is 0 Å². The van der Waals surface area contributed by atoms with Gasteiger partial charge in [0.15, 0.2) is 17.5 Å². The molecule has 0 aliphatic heterocycles. The second-order valence-electron chi connectivity index (χ2n) is 11.3. The van der Waals surface area contributed by atoms with E-state index in [1.807, 2.05) is 97.1 Å². The lowest BCUT2D eigenvalue weighted by Gasteiger charge is -2.11. The Morgan fingerprint density at radius 3 is 1.31 bits per heavy atom. The van der Waals surface area contributed by atoms with Crippen LogP contribution < -0.4 is 0 Å². The maximum absolute atomic E-state index is 5.02. The summed E-state index contributed by atoms with van der Waals surface area (Å²) in [7, 11) is 0. The topological polar surface area (TPSA) is 77.3 Å². The molecule has 8 rings (SSSR count). The first-order valence-electron chi connectivity index (χ1n) is 15.7. The van der Waals surface area contributed by atoms with Crippen LogP contribution in [0.5, 0.6) is 0 Å². The van der Waals surface area contributed by atoms with Gasteiger partial charge in [0.1, 0.15) is 0 Å². The van der Waals surface area contributed by atoms with E-state index in [1.54, 1.807) is 12.4 Å². The molecule has 0 saturated heterocycles. The molecule has 4 aromatic heterocycles. The Labute approximate surface area is 278 Å². The molecule has 0 aliphatic rings. The molecule has 48 heavy (non-hydrogen) atoms. The van der Waals surface area contributed by atoms with Gasteiger partial charge in [-0.2, -0.15) is 0 Å². The summed E-state index contributed by atoms with van der Waals surface area (Å²) in [6, 6.07) is 52.9. The minimum Gasteiger partial charge on any atom is -0.255 e. The van der Waals surface area contributed by atoms with Crippen molar-refractivity contribution in [1.82, 2.24) is 29.9 Å². The third-order valence-electron chi connectivity index (χ3n) is 8.04. The maximum Gasteiger partial charge on any atom is 0.165 e. The first-order chi connectivity index (χ1) is 23.8. The number of benzene rings is 4. The van der Waals surface area contributed by atoms with Crippen molar-refractivity contribution < 1.29 is 0 Å². The fraction of sp³-hybridized carbons (Fsp3) is 0. The molecule has 226 valence electrons. The second-order valence-corrected chi connectivity index (χ2v) is 11.3. The summed E-state index contributed by atoms with van der Waals surface area (Å²) >= 11 is 0. The number of pyridine rings is 3. The van der Waals surface area contributed by atoms with Gasteiger partial charge in [-0.05, 0) is 64.7 Å². The SMILES string of the molecule is c1ccc(-c2cccc(-c3cc(-c4ccccn4)nc(-c4ccc(-c5nc(-c6ccccc6)nc(-c6ccccc6)n5)cn4)c3)c2)cc1. The molecule has 0 unspecified atom stereocenters. The molecule has 0 bridgehead atoms. The van der Waals surface area contributed by atoms with Crippen molar-refractivity contribution in [3.63, 3.8) is 0 Å². The summed E-state index contributed by atoms with van der Waals surface area (Å²) in [6.07, 6.45) is 3.59. The molecule has 0 spiro atoms. The van der Waals surface area contributed by atoms with E-state index >= 15 is 0 Å². The smallest absolute Gasteiger partial charge is 0.165 e. The van der Waals surface area contributed by atoms with Crippen LogP contribution in [0.3, 0.4) is 0 Å². The summed E-state index contributed by atoms with van der Waals surface area (Å²) in [4.78, 5) is 29.0. The van der Waals surface area contributed by atoms with E-state index in [0.29, 0.717) is 17.5 Å². The zero-order chi connectivity index (χ0) is 32.1. The van der Waals surface area contributed by atoms with E-state index in [4.69, 9.17) is 24.9 Å². The van der Waals surface area contributed by atoms with Crippen LogP contribution in [0.2, 0.25) is 0 Å². The van der Waals surface area contributed by atoms with Crippen LogP contribution in [-0.2, 0) is 0 Å². The first kappa shape index (κ1) is 28.8. The second kappa shape index (κ2) is 13.0. The molecule has 0 atom stereocenters. The number of hydrogen-bond acceptors (Lipinski definition) is 6. The maximum atomic E-state index is 5.02. The van der Waals surface area contributed by atoms with Gasteiger partial charge in [0.2, 0.25) is 0 Å². The van der Waals surface area contributed by atoms with Gasteiger partial charge in [-0.15, -0.1) is 0 Å². The van der Waals surface area contributed by atoms with E-state index < -0.39 is 0 Å². The van der Waals surface area contributed by atoms with Crippen LogP contribution in [0.1, 0.15) is 0 Å². The van der Waals surface area contributed by atoms with Gasteiger partial charge >= 0.3 is 0 Å². The molecule has 4 heterocycles. The highest BCUT2D eigenvalue weighted by Gasteiger charge is 2.15. The molecule has 0 N–H and O–H groups in total. The highest BCUT2D eigenvalue weighted by Crippen LogP contribution is 2.32. The average molecular weight is 617 g/mol. The fourth-order valence-electron chi connectivity index (χ4n) is 5.60. The number of nitrogens with zero attached hydrogens (tertiary/aromatic N) is 6. The Bertz CT molecular complexity index is 2250. The molecule has 6 nitrogen and oxygen atoms in total. The van der Waals surface area contributed by atoms with Crippen molar-refractivity contribution in [3.8, 4) is 79.2 Å². The molecule has 0 amide bonds. The Kier molecular flexibility index (Phi) is 7.79. The van der Waals surface area contributed by atoms with Crippen molar-refractivity contribution in [3.05, 3.63) is 170 Å².